The fourth-order valence-corrected chi connectivity index (χ4v) is 2.99. The average molecular weight is 256 g/mol. The van der Waals surface area contributed by atoms with Gasteiger partial charge in [-0.3, -0.25) is 4.79 Å². The Morgan fingerprint density at radius 3 is 2.94 bits per heavy atom. The van der Waals surface area contributed by atoms with Gasteiger partial charge in [0, 0.05) is 13.1 Å². The lowest BCUT2D eigenvalue weighted by atomic mass is 9.75. The summed E-state index contributed by atoms with van der Waals surface area (Å²) in [5.41, 5.74) is -0.301. The molecule has 2 unspecified atom stereocenters. The second-order valence-electron chi connectivity index (χ2n) is 5.65. The minimum Gasteiger partial charge on any atom is -0.394 e. The van der Waals surface area contributed by atoms with Crippen LogP contribution in [0.3, 0.4) is 0 Å². The number of hydrogen-bond acceptors (Lipinski definition) is 4. The van der Waals surface area contributed by atoms with E-state index in [1.165, 1.54) is 0 Å². The van der Waals surface area contributed by atoms with Crippen molar-refractivity contribution in [1.29, 1.82) is 0 Å². The van der Waals surface area contributed by atoms with Gasteiger partial charge in [0.2, 0.25) is 5.91 Å². The number of carbonyl (C=O) groups is 1. The molecule has 2 saturated heterocycles. The van der Waals surface area contributed by atoms with Gasteiger partial charge in [-0.05, 0) is 18.9 Å². The second-order valence-corrected chi connectivity index (χ2v) is 5.65. The Balaban J connectivity index is 2.17. The Bertz CT molecular complexity index is 301. The van der Waals surface area contributed by atoms with Gasteiger partial charge >= 0.3 is 0 Å². The molecule has 2 aliphatic heterocycles. The highest BCUT2D eigenvalue weighted by molar-refractivity contribution is 5.84. The van der Waals surface area contributed by atoms with Gasteiger partial charge in [-0.1, -0.05) is 13.8 Å². The zero-order valence-corrected chi connectivity index (χ0v) is 11.3. The van der Waals surface area contributed by atoms with Crippen LogP contribution >= 0.6 is 0 Å². The normalized spacial score (nSPS) is 33.1. The topological polar surface area (TPSA) is 61.8 Å². The van der Waals surface area contributed by atoms with Crippen LogP contribution in [-0.2, 0) is 9.53 Å². The van der Waals surface area contributed by atoms with Gasteiger partial charge in [-0.2, -0.15) is 0 Å². The molecule has 2 rings (SSSR count). The smallest absolute Gasteiger partial charge is 0.230 e. The lowest BCUT2D eigenvalue weighted by molar-refractivity contribution is -0.154. The fraction of sp³-hybridized carbons (Fsp3) is 0.923. The monoisotopic (exact) mass is 256 g/mol. The molecule has 0 spiro atoms. The molecule has 18 heavy (non-hydrogen) atoms. The van der Waals surface area contributed by atoms with Crippen molar-refractivity contribution in [2.24, 2.45) is 11.3 Å². The van der Waals surface area contributed by atoms with Crippen LogP contribution in [0, 0.1) is 11.3 Å². The molecule has 2 N–H and O–H groups in total. The minimum absolute atomic E-state index is 0.0205. The molecule has 5 heteroatoms. The third kappa shape index (κ3) is 2.27. The van der Waals surface area contributed by atoms with Crippen LogP contribution in [0.1, 0.15) is 20.3 Å². The van der Waals surface area contributed by atoms with Gasteiger partial charge in [0.1, 0.15) is 0 Å². The summed E-state index contributed by atoms with van der Waals surface area (Å²) in [5, 5.41) is 12.7. The first-order valence-electron chi connectivity index (χ1n) is 6.82. The lowest BCUT2D eigenvalue weighted by Crippen LogP contribution is -2.57. The first kappa shape index (κ1) is 13.8. The van der Waals surface area contributed by atoms with Gasteiger partial charge < -0.3 is 20.1 Å². The van der Waals surface area contributed by atoms with Crippen molar-refractivity contribution in [2.45, 2.75) is 26.3 Å². The molecule has 0 aromatic carbocycles. The molecule has 2 fully saturated rings. The molecule has 104 valence electrons. The Morgan fingerprint density at radius 1 is 1.61 bits per heavy atom. The third-order valence-corrected chi connectivity index (χ3v) is 4.42. The largest absolute Gasteiger partial charge is 0.394 e. The van der Waals surface area contributed by atoms with Crippen molar-refractivity contribution in [3.8, 4) is 0 Å². The summed E-state index contributed by atoms with van der Waals surface area (Å²) in [5.74, 6) is 0.493. The van der Waals surface area contributed by atoms with Crippen LogP contribution in [-0.4, -0.2) is 61.4 Å². The van der Waals surface area contributed by atoms with Gasteiger partial charge in [0.15, 0.2) is 0 Å². The molecule has 0 aromatic rings. The molecule has 0 radical (unpaired) electrons. The van der Waals surface area contributed by atoms with E-state index in [0.717, 1.165) is 19.5 Å². The first-order chi connectivity index (χ1) is 8.62. The summed E-state index contributed by atoms with van der Waals surface area (Å²) in [4.78, 5) is 14.7. The number of nitrogens with one attached hydrogen (secondary N) is 1. The number of morpholine rings is 1. The maximum Gasteiger partial charge on any atom is 0.230 e. The van der Waals surface area contributed by atoms with Crippen molar-refractivity contribution < 1.29 is 14.6 Å². The van der Waals surface area contributed by atoms with E-state index in [2.05, 4.69) is 19.2 Å². The predicted octanol–water partition coefficient (Wildman–Crippen LogP) is -0.158. The molecular formula is C13H24N2O3. The first-order valence-corrected chi connectivity index (χ1v) is 6.82. The fourth-order valence-electron chi connectivity index (χ4n) is 2.99. The van der Waals surface area contributed by atoms with Crippen molar-refractivity contribution in [2.75, 3.05) is 39.5 Å². The Labute approximate surface area is 108 Å². The van der Waals surface area contributed by atoms with Crippen molar-refractivity contribution >= 4 is 5.91 Å². The summed E-state index contributed by atoms with van der Waals surface area (Å²) in [6.45, 7) is 7.47. The summed E-state index contributed by atoms with van der Waals surface area (Å²) in [6, 6.07) is -0.178. The zero-order chi connectivity index (χ0) is 13.2. The van der Waals surface area contributed by atoms with E-state index in [0.29, 0.717) is 25.7 Å². The van der Waals surface area contributed by atoms with E-state index in [9.17, 15) is 9.90 Å². The molecule has 2 heterocycles. The van der Waals surface area contributed by atoms with Gasteiger partial charge in [0.05, 0.1) is 31.3 Å². The number of aliphatic hydroxyl groups is 1. The highest BCUT2D eigenvalue weighted by atomic mass is 16.5. The molecule has 0 aromatic heterocycles. The minimum atomic E-state index is -0.301. The lowest BCUT2D eigenvalue weighted by Gasteiger charge is -2.42. The summed E-state index contributed by atoms with van der Waals surface area (Å²) in [6.07, 6.45) is 0.888. The molecule has 5 nitrogen and oxygen atoms in total. The third-order valence-electron chi connectivity index (χ3n) is 4.42. The molecule has 2 atom stereocenters. The number of amides is 1. The molecule has 2 aliphatic rings. The van der Waals surface area contributed by atoms with E-state index in [4.69, 9.17) is 4.74 Å². The summed E-state index contributed by atoms with van der Waals surface area (Å²) >= 11 is 0. The summed E-state index contributed by atoms with van der Waals surface area (Å²) < 4.78 is 5.34. The molecule has 0 saturated carbocycles. The Kier molecular flexibility index (Phi) is 4.25. The number of ether oxygens (including phenoxy) is 1. The number of rotatable bonds is 3. The van der Waals surface area contributed by atoms with E-state index in [1.807, 2.05) is 4.90 Å². The molecular weight excluding hydrogens is 232 g/mol. The highest BCUT2D eigenvalue weighted by Gasteiger charge is 2.47. The number of nitrogens with zero attached hydrogens (tertiary/aromatic N) is 1. The van der Waals surface area contributed by atoms with Crippen molar-refractivity contribution in [3.05, 3.63) is 0 Å². The zero-order valence-electron chi connectivity index (χ0n) is 11.3. The average Bonchev–Trinajstić information content (AvgIpc) is 2.88. The quantitative estimate of drug-likeness (QED) is 0.737. The van der Waals surface area contributed by atoms with E-state index in [1.54, 1.807) is 0 Å². The van der Waals surface area contributed by atoms with Gasteiger partial charge in [-0.25, -0.2) is 0 Å². The standard InChI is InChI=1S/C13H24N2O3/c1-10(2)13(3-4-14-9-13)12(17)15-5-6-18-8-11(15)7-16/h10-11,14,16H,3-9H2,1-2H3. The summed E-state index contributed by atoms with van der Waals surface area (Å²) in [7, 11) is 0. The van der Waals surface area contributed by atoms with E-state index >= 15 is 0 Å². The number of carbonyl (C=O) groups excluding carboxylic acids is 1. The van der Waals surface area contributed by atoms with Crippen LogP contribution in [0.15, 0.2) is 0 Å². The molecule has 0 aliphatic carbocycles. The van der Waals surface area contributed by atoms with Crippen LogP contribution in [0.2, 0.25) is 0 Å². The van der Waals surface area contributed by atoms with Gasteiger partial charge in [-0.15, -0.1) is 0 Å². The maximum absolute atomic E-state index is 12.9. The molecule has 1 amide bonds. The van der Waals surface area contributed by atoms with E-state index < -0.39 is 0 Å². The predicted molar refractivity (Wildman–Crippen MR) is 68.2 cm³/mol. The Morgan fingerprint density at radius 2 is 2.39 bits per heavy atom. The van der Waals surface area contributed by atoms with Crippen LogP contribution in [0.4, 0.5) is 0 Å². The maximum atomic E-state index is 12.9. The van der Waals surface area contributed by atoms with Crippen LogP contribution in [0.5, 0.6) is 0 Å². The van der Waals surface area contributed by atoms with Crippen LogP contribution in [0.25, 0.3) is 0 Å². The van der Waals surface area contributed by atoms with Crippen molar-refractivity contribution in [1.82, 2.24) is 10.2 Å². The van der Waals surface area contributed by atoms with E-state index in [-0.39, 0.29) is 24.0 Å². The number of hydrogen-bond donors (Lipinski definition) is 2. The van der Waals surface area contributed by atoms with Gasteiger partial charge in [0.25, 0.3) is 0 Å². The van der Waals surface area contributed by atoms with Crippen LogP contribution < -0.4 is 5.32 Å². The second kappa shape index (κ2) is 5.55. The Hall–Kier alpha value is -0.650. The SMILES string of the molecule is CC(C)C1(C(=O)N2CCOCC2CO)CCNC1. The molecule has 0 bridgehead atoms. The highest BCUT2D eigenvalue weighted by Crippen LogP contribution is 2.37. The number of aliphatic hydroxyl groups excluding tert-OH is 1. The van der Waals surface area contributed by atoms with Crippen molar-refractivity contribution in [3.63, 3.8) is 0 Å².